The summed E-state index contributed by atoms with van der Waals surface area (Å²) in [6.45, 7) is 10.3. The average molecular weight is 684 g/mol. The second-order valence-electron chi connectivity index (χ2n) is 13.3. The van der Waals surface area contributed by atoms with Gasteiger partial charge in [-0.05, 0) is 43.4 Å². The monoisotopic (exact) mass is 685 g/mol. The number of carbonyl (C=O) groups is 2. The van der Waals surface area contributed by atoms with Crippen LogP contribution in [0.2, 0.25) is 0 Å². The number of rotatable bonds is 1. The Balaban J connectivity index is 0.00000343. The molecule has 0 radical (unpaired) electrons. The summed E-state index contributed by atoms with van der Waals surface area (Å²) >= 11 is 0. The molecule has 2 fully saturated rings. The van der Waals surface area contributed by atoms with Crippen molar-refractivity contribution in [3.8, 4) is 0 Å². The first kappa shape index (κ1) is 31.3. The number of ether oxygens (including phenoxy) is 2. The number of cyclic esters (lactones) is 1. The maximum Gasteiger partial charge on any atom is 2.00 e. The van der Waals surface area contributed by atoms with Gasteiger partial charge in [0.25, 0.3) is 5.91 Å². The number of nitrogens with two attached hydrogens (primary N) is 1. The summed E-state index contributed by atoms with van der Waals surface area (Å²) in [5, 5.41) is 1.51. The Bertz CT molecular complexity index is 1390. The van der Waals surface area contributed by atoms with Gasteiger partial charge in [0.1, 0.15) is 6.04 Å². The van der Waals surface area contributed by atoms with E-state index in [0.717, 1.165) is 18.8 Å². The molecule has 3 unspecified atom stereocenters. The predicted octanol–water partition coefficient (Wildman–Crippen LogP) is 2.24. The molecule has 0 spiro atoms. The van der Waals surface area contributed by atoms with Crippen molar-refractivity contribution >= 4 is 17.6 Å². The summed E-state index contributed by atoms with van der Waals surface area (Å²) in [5.74, 6) is -0.373. The Morgan fingerprint density at radius 2 is 2.09 bits per heavy atom. The van der Waals surface area contributed by atoms with Crippen molar-refractivity contribution in [2.45, 2.75) is 64.3 Å². The van der Waals surface area contributed by atoms with Gasteiger partial charge in [0.05, 0.1) is 31.4 Å². The Morgan fingerprint density at radius 1 is 1.25 bits per heavy atom. The molecule has 6 atom stereocenters. The van der Waals surface area contributed by atoms with Crippen molar-refractivity contribution in [3.05, 3.63) is 65.5 Å². The number of hydrogen-bond donors (Lipinski definition) is 2. The Labute approximate surface area is 274 Å². The molecule has 4 aliphatic heterocycles. The number of aromatic nitrogens is 1. The van der Waals surface area contributed by atoms with Crippen LogP contribution < -0.4 is 11.2 Å². The Morgan fingerprint density at radius 3 is 2.91 bits per heavy atom. The Kier molecular flexibility index (Phi) is 8.74. The minimum atomic E-state index is -0.724. The molecule has 6 bridgehead atoms. The molecule has 2 saturated heterocycles. The molecule has 6 aliphatic rings. The third-order valence-electron chi connectivity index (χ3n) is 10.1. The molecule has 0 aromatic carbocycles. The van der Waals surface area contributed by atoms with Crippen LogP contribution >= 0.6 is 0 Å². The van der Waals surface area contributed by atoms with Crippen LogP contribution in [0.3, 0.4) is 0 Å². The van der Waals surface area contributed by atoms with Gasteiger partial charge in [0.2, 0.25) is 0 Å². The third-order valence-corrected chi connectivity index (χ3v) is 10.1. The summed E-state index contributed by atoms with van der Waals surface area (Å²) in [7, 11) is 0. The van der Waals surface area contributed by atoms with Crippen LogP contribution in [0.5, 0.6) is 0 Å². The fourth-order valence-electron chi connectivity index (χ4n) is 7.83. The van der Waals surface area contributed by atoms with E-state index in [-0.39, 0.29) is 63.5 Å². The van der Waals surface area contributed by atoms with E-state index in [0.29, 0.717) is 39.0 Å². The normalized spacial score (nSPS) is 32.9. The van der Waals surface area contributed by atoms with Crippen LogP contribution in [-0.2, 0) is 40.1 Å². The smallest absolute Gasteiger partial charge is 0.464 e. The van der Waals surface area contributed by atoms with E-state index in [1.807, 2.05) is 12.3 Å². The number of hydrogen-bond acceptors (Lipinski definition) is 9. The molecule has 10 nitrogen and oxygen atoms in total. The largest absolute Gasteiger partial charge is 2.00 e. The first-order valence-electron chi connectivity index (χ1n) is 15.8. The van der Waals surface area contributed by atoms with Gasteiger partial charge < -0.3 is 25.0 Å². The van der Waals surface area contributed by atoms with Crippen LogP contribution in [0.4, 0.5) is 0 Å². The average Bonchev–Trinajstić information content (AvgIpc) is 3.36. The summed E-state index contributed by atoms with van der Waals surface area (Å²) in [5.41, 5.74) is 15.1. The zero-order valence-electron chi connectivity index (χ0n) is 25.8. The van der Waals surface area contributed by atoms with Gasteiger partial charge >= 0.3 is 27.0 Å². The number of esters is 1. The van der Waals surface area contributed by atoms with E-state index in [9.17, 15) is 9.59 Å². The molecule has 3 N–H and O–H groups in total. The molecule has 5 heterocycles. The van der Waals surface area contributed by atoms with E-state index in [2.05, 4.69) is 66.7 Å². The van der Waals surface area contributed by atoms with Gasteiger partial charge in [-0.3, -0.25) is 19.6 Å². The number of nitrogens with zero attached hydrogens (tertiary/aromatic N) is 4. The van der Waals surface area contributed by atoms with Crippen molar-refractivity contribution in [1.82, 2.24) is 25.2 Å². The molecule has 11 heteroatoms. The second kappa shape index (κ2) is 12.3. The molecule has 1 aromatic heterocycles. The quantitative estimate of drug-likeness (QED) is 0.262. The minimum absolute atomic E-state index is 0. The second-order valence-corrected chi connectivity index (χ2v) is 13.3. The number of pyridine rings is 1. The first-order valence-corrected chi connectivity index (χ1v) is 15.8. The third kappa shape index (κ3) is 5.42. The number of morpholine rings is 1. The van der Waals surface area contributed by atoms with E-state index in [1.54, 1.807) is 0 Å². The standard InChI is InChI=1S/C33H43N6O4.Mo/c1-4-38-28-10-9-20-15-23(28)29-24(17-27-22(30(29)38)7-5-11-35-27)33(2,3)19-43-32(41)26-8-6-12-39(36-26)31(40)25(34)16-21-18-37(20)13-14-42-21;/h5,7,9-11,15,17,21,23-26,28,36H,4,6,8,12-14,16,18-19,34H2,1-3H3;/q-1;+2/t21-,23?,24?,25-,26-,28?;/m0./s1. The van der Waals surface area contributed by atoms with Crippen LogP contribution in [0, 0.1) is 23.7 Å². The molecule has 44 heavy (non-hydrogen) atoms. The van der Waals surface area contributed by atoms with Gasteiger partial charge in [0.15, 0.2) is 0 Å². The molecular formula is C33H43MoN6O4+. The van der Waals surface area contributed by atoms with E-state index in [1.165, 1.54) is 27.5 Å². The Hall–Kier alpha value is -2.65. The van der Waals surface area contributed by atoms with Crippen molar-refractivity contribution in [3.63, 3.8) is 0 Å². The number of nitrogens with one attached hydrogen (secondary N) is 1. The van der Waals surface area contributed by atoms with E-state index >= 15 is 0 Å². The summed E-state index contributed by atoms with van der Waals surface area (Å²) in [6, 6.07) is 3.09. The van der Waals surface area contributed by atoms with Crippen molar-refractivity contribution < 1.29 is 40.1 Å². The zero-order valence-corrected chi connectivity index (χ0v) is 27.8. The molecule has 7 rings (SSSR count). The number of fused-ring (bicyclic) bond motifs is 7. The molecule has 0 saturated carbocycles. The molecular weight excluding hydrogens is 640 g/mol. The van der Waals surface area contributed by atoms with Gasteiger partial charge in [-0.25, -0.2) is 5.43 Å². The van der Waals surface area contributed by atoms with Crippen molar-refractivity contribution in [2.75, 3.05) is 39.4 Å². The van der Waals surface area contributed by atoms with Crippen molar-refractivity contribution in [2.24, 2.45) is 23.0 Å². The predicted molar refractivity (Wildman–Crippen MR) is 161 cm³/mol. The van der Waals surface area contributed by atoms with E-state index < -0.39 is 17.5 Å². The van der Waals surface area contributed by atoms with Crippen LogP contribution in [-0.4, -0.2) is 95.3 Å². The van der Waals surface area contributed by atoms with Crippen LogP contribution in [0.15, 0.2) is 47.8 Å². The minimum Gasteiger partial charge on any atom is -0.464 e. The van der Waals surface area contributed by atoms with Crippen LogP contribution in [0.25, 0.3) is 5.70 Å². The number of carbonyl (C=O) groups excluding carboxylic acids is 2. The van der Waals surface area contributed by atoms with Gasteiger partial charge in [-0.15, -0.1) is 11.6 Å². The molecule has 1 amide bonds. The van der Waals surface area contributed by atoms with Crippen molar-refractivity contribution in [1.29, 1.82) is 0 Å². The fourth-order valence-corrected chi connectivity index (χ4v) is 7.83. The number of amides is 1. The topological polar surface area (TPSA) is 113 Å². The fraction of sp³-hybridized carbons (Fsp3) is 0.576. The number of hydrazine groups is 1. The maximum absolute atomic E-state index is 13.4. The summed E-state index contributed by atoms with van der Waals surface area (Å²) in [4.78, 5) is 36.4. The number of likely N-dealkylation sites (N-methyl/N-ethyl adjacent to an activating group) is 1. The number of allylic oxidation sites excluding steroid dienone is 1. The SMILES string of the molecule is CCN1C2=C3C4C=C(C=CC41)N1CCO[C@@H](C[C@H](N)C(=O)N4CCC[C@H](N4)C(=O)OCC(C)(C)C3[CH-]c3ncccc32)C1.[Mo+2]. The van der Waals surface area contributed by atoms with Gasteiger partial charge in [-0.2, -0.15) is 6.42 Å². The molecule has 234 valence electrons. The summed E-state index contributed by atoms with van der Waals surface area (Å²) < 4.78 is 12.2. The first-order chi connectivity index (χ1) is 20.7. The maximum atomic E-state index is 13.4. The van der Waals surface area contributed by atoms with Gasteiger partial charge in [-0.1, -0.05) is 49.3 Å². The molecule has 2 aliphatic carbocycles. The van der Waals surface area contributed by atoms with E-state index in [4.69, 9.17) is 20.2 Å². The zero-order chi connectivity index (χ0) is 29.9. The molecule has 1 aromatic rings. The summed E-state index contributed by atoms with van der Waals surface area (Å²) in [6.07, 6.45) is 12.7. The van der Waals surface area contributed by atoms with Crippen LogP contribution in [0.1, 0.15) is 51.3 Å². The van der Waals surface area contributed by atoms with Gasteiger partial charge in [0, 0.05) is 44.0 Å².